The highest BCUT2D eigenvalue weighted by molar-refractivity contribution is 9.10. The zero-order valence-electron chi connectivity index (χ0n) is 11.8. The fourth-order valence-electron chi connectivity index (χ4n) is 1.82. The van der Waals surface area contributed by atoms with Crippen molar-refractivity contribution in [2.45, 2.75) is 19.9 Å². The van der Waals surface area contributed by atoms with Crippen LogP contribution in [0.3, 0.4) is 0 Å². The van der Waals surface area contributed by atoms with Crippen LogP contribution >= 0.6 is 15.9 Å². The Kier molecular flexibility index (Phi) is 4.96. The van der Waals surface area contributed by atoms with Crippen molar-refractivity contribution in [2.24, 2.45) is 0 Å². The third-order valence-electron chi connectivity index (χ3n) is 3.00. The molecule has 2 aromatic rings. The molecule has 0 aromatic heterocycles. The summed E-state index contributed by atoms with van der Waals surface area (Å²) in [7, 11) is 0. The van der Waals surface area contributed by atoms with E-state index in [4.69, 9.17) is 0 Å². The number of anilines is 2. The van der Waals surface area contributed by atoms with E-state index in [1.165, 1.54) is 12.1 Å². The van der Waals surface area contributed by atoms with Gasteiger partial charge in [-0.3, -0.25) is 4.79 Å². The van der Waals surface area contributed by atoms with E-state index in [2.05, 4.69) is 26.6 Å². The maximum absolute atomic E-state index is 12.8. The summed E-state index contributed by atoms with van der Waals surface area (Å²) < 4.78 is 13.7. The van der Waals surface area contributed by atoms with Crippen molar-refractivity contribution in [1.29, 1.82) is 0 Å². The molecule has 0 saturated heterocycles. The van der Waals surface area contributed by atoms with Crippen LogP contribution < -0.4 is 10.6 Å². The lowest BCUT2D eigenvalue weighted by Crippen LogP contribution is -2.31. The first kappa shape index (κ1) is 15.5. The Bertz CT molecular complexity index is 643. The standard InChI is InChI=1S/C16H16BrFN2O/c1-10-3-8-15(14(17)9-10)20-16(21)11(2)19-13-6-4-12(18)5-7-13/h3-9,11,19H,1-2H3,(H,20,21). The molecule has 0 spiro atoms. The number of aryl methyl sites for hydroxylation is 1. The summed E-state index contributed by atoms with van der Waals surface area (Å²) in [5.41, 5.74) is 2.53. The first-order valence-corrected chi connectivity index (χ1v) is 7.34. The maximum atomic E-state index is 12.8. The van der Waals surface area contributed by atoms with Gasteiger partial charge in [0, 0.05) is 10.2 Å². The smallest absolute Gasteiger partial charge is 0.246 e. The van der Waals surface area contributed by atoms with Crippen LogP contribution in [0.15, 0.2) is 46.9 Å². The number of hydrogen-bond donors (Lipinski definition) is 2. The van der Waals surface area contributed by atoms with E-state index in [-0.39, 0.29) is 11.7 Å². The molecule has 1 atom stereocenters. The summed E-state index contributed by atoms with van der Waals surface area (Å²) >= 11 is 3.42. The van der Waals surface area contributed by atoms with Gasteiger partial charge in [0.15, 0.2) is 0 Å². The molecule has 0 heterocycles. The van der Waals surface area contributed by atoms with E-state index in [0.717, 1.165) is 15.7 Å². The number of hydrogen-bond acceptors (Lipinski definition) is 2. The van der Waals surface area contributed by atoms with E-state index in [0.29, 0.717) is 5.69 Å². The number of carbonyl (C=O) groups excluding carboxylic acids is 1. The van der Waals surface area contributed by atoms with Crippen LogP contribution in [-0.4, -0.2) is 11.9 Å². The predicted octanol–water partition coefficient (Wildman–Crippen LogP) is 4.34. The molecule has 3 nitrogen and oxygen atoms in total. The average Bonchev–Trinajstić information content (AvgIpc) is 2.44. The summed E-state index contributed by atoms with van der Waals surface area (Å²) in [5.74, 6) is -0.467. The lowest BCUT2D eigenvalue weighted by atomic mass is 10.2. The van der Waals surface area contributed by atoms with Gasteiger partial charge >= 0.3 is 0 Å². The van der Waals surface area contributed by atoms with Crippen LogP contribution in [0, 0.1) is 12.7 Å². The number of benzene rings is 2. The van der Waals surface area contributed by atoms with Crippen LogP contribution in [0.25, 0.3) is 0 Å². The number of rotatable bonds is 4. The molecule has 0 aliphatic carbocycles. The van der Waals surface area contributed by atoms with Gasteiger partial charge in [0.1, 0.15) is 11.9 Å². The quantitative estimate of drug-likeness (QED) is 0.861. The maximum Gasteiger partial charge on any atom is 0.246 e. The van der Waals surface area contributed by atoms with E-state index in [9.17, 15) is 9.18 Å². The van der Waals surface area contributed by atoms with Gasteiger partial charge in [-0.05, 0) is 71.7 Å². The Morgan fingerprint density at radius 2 is 1.86 bits per heavy atom. The summed E-state index contributed by atoms with van der Waals surface area (Å²) in [6.45, 7) is 3.73. The monoisotopic (exact) mass is 350 g/mol. The normalized spacial score (nSPS) is 11.8. The fourth-order valence-corrected chi connectivity index (χ4v) is 2.42. The minimum Gasteiger partial charge on any atom is -0.374 e. The molecule has 0 bridgehead atoms. The third kappa shape index (κ3) is 4.29. The van der Waals surface area contributed by atoms with Crippen molar-refractivity contribution in [1.82, 2.24) is 0 Å². The Labute approximate surface area is 131 Å². The number of nitrogens with one attached hydrogen (secondary N) is 2. The SMILES string of the molecule is Cc1ccc(NC(=O)C(C)Nc2ccc(F)cc2)c(Br)c1. The van der Waals surface area contributed by atoms with Gasteiger partial charge in [-0.25, -0.2) is 4.39 Å². The largest absolute Gasteiger partial charge is 0.374 e. The van der Waals surface area contributed by atoms with Gasteiger partial charge in [0.25, 0.3) is 0 Å². The third-order valence-corrected chi connectivity index (χ3v) is 3.66. The van der Waals surface area contributed by atoms with Gasteiger partial charge in [-0.2, -0.15) is 0 Å². The number of carbonyl (C=O) groups is 1. The molecule has 1 unspecified atom stereocenters. The highest BCUT2D eigenvalue weighted by atomic mass is 79.9. The molecule has 110 valence electrons. The van der Waals surface area contributed by atoms with Crippen LogP contribution in [0.4, 0.5) is 15.8 Å². The van der Waals surface area contributed by atoms with Gasteiger partial charge in [0.05, 0.1) is 5.69 Å². The van der Waals surface area contributed by atoms with Gasteiger partial charge in [-0.1, -0.05) is 6.07 Å². The molecule has 2 N–H and O–H groups in total. The Morgan fingerprint density at radius 3 is 2.48 bits per heavy atom. The van der Waals surface area contributed by atoms with Crippen LogP contribution in [0.1, 0.15) is 12.5 Å². The molecule has 1 amide bonds. The molecule has 0 radical (unpaired) electrons. The lowest BCUT2D eigenvalue weighted by molar-refractivity contribution is -0.116. The molecule has 0 saturated carbocycles. The zero-order chi connectivity index (χ0) is 15.4. The topological polar surface area (TPSA) is 41.1 Å². The summed E-state index contributed by atoms with van der Waals surface area (Å²) in [6.07, 6.45) is 0. The predicted molar refractivity (Wildman–Crippen MR) is 87.0 cm³/mol. The minimum absolute atomic E-state index is 0.163. The lowest BCUT2D eigenvalue weighted by Gasteiger charge is -2.16. The summed E-state index contributed by atoms with van der Waals surface area (Å²) in [4.78, 5) is 12.2. The van der Waals surface area contributed by atoms with Gasteiger partial charge in [0.2, 0.25) is 5.91 Å². The van der Waals surface area contributed by atoms with Gasteiger partial charge < -0.3 is 10.6 Å². The molecule has 0 aliphatic rings. The van der Waals surface area contributed by atoms with Gasteiger partial charge in [-0.15, -0.1) is 0 Å². The fraction of sp³-hybridized carbons (Fsp3) is 0.188. The van der Waals surface area contributed by atoms with E-state index in [1.54, 1.807) is 19.1 Å². The zero-order valence-corrected chi connectivity index (χ0v) is 13.4. The van der Waals surface area contributed by atoms with Crippen LogP contribution in [-0.2, 0) is 4.79 Å². The van der Waals surface area contributed by atoms with E-state index >= 15 is 0 Å². The summed E-state index contributed by atoms with van der Waals surface area (Å²) in [6, 6.07) is 11.2. The molecular formula is C16H16BrFN2O. The van der Waals surface area contributed by atoms with Crippen molar-refractivity contribution >= 4 is 33.2 Å². The second kappa shape index (κ2) is 6.72. The van der Waals surface area contributed by atoms with Crippen molar-refractivity contribution in [3.05, 3.63) is 58.3 Å². The molecule has 21 heavy (non-hydrogen) atoms. The molecular weight excluding hydrogens is 335 g/mol. The number of halogens is 2. The van der Waals surface area contributed by atoms with Crippen molar-refractivity contribution in [2.75, 3.05) is 10.6 Å². The van der Waals surface area contributed by atoms with Crippen LogP contribution in [0.5, 0.6) is 0 Å². The Hall–Kier alpha value is -1.88. The molecule has 0 aliphatic heterocycles. The molecule has 2 aromatic carbocycles. The highest BCUT2D eigenvalue weighted by Gasteiger charge is 2.14. The van der Waals surface area contributed by atoms with Crippen molar-refractivity contribution < 1.29 is 9.18 Å². The van der Waals surface area contributed by atoms with Crippen molar-refractivity contribution in [3.63, 3.8) is 0 Å². The first-order chi connectivity index (χ1) is 9.95. The van der Waals surface area contributed by atoms with E-state index in [1.807, 2.05) is 25.1 Å². The second-order valence-electron chi connectivity index (χ2n) is 4.85. The van der Waals surface area contributed by atoms with Crippen molar-refractivity contribution in [3.8, 4) is 0 Å². The first-order valence-electron chi connectivity index (χ1n) is 6.55. The summed E-state index contributed by atoms with van der Waals surface area (Å²) in [5, 5.41) is 5.87. The Morgan fingerprint density at radius 1 is 1.19 bits per heavy atom. The van der Waals surface area contributed by atoms with E-state index < -0.39 is 6.04 Å². The number of amides is 1. The Balaban J connectivity index is 2.00. The minimum atomic E-state index is -0.441. The second-order valence-corrected chi connectivity index (χ2v) is 5.70. The highest BCUT2D eigenvalue weighted by Crippen LogP contribution is 2.23. The molecule has 0 fully saturated rings. The molecule has 2 rings (SSSR count). The molecule has 5 heteroatoms. The van der Waals surface area contributed by atoms with Crippen LogP contribution in [0.2, 0.25) is 0 Å². The average molecular weight is 351 g/mol.